The van der Waals surface area contributed by atoms with Gasteiger partial charge in [-0.15, -0.1) is 0 Å². The van der Waals surface area contributed by atoms with Gasteiger partial charge in [0, 0.05) is 10.8 Å². The topological polar surface area (TPSA) is 13.1 Å². The zero-order valence-corrected chi connectivity index (χ0v) is 11.3. The summed E-state index contributed by atoms with van der Waals surface area (Å²) in [4.78, 5) is 0. The second-order valence-electron chi connectivity index (χ2n) is 5.18. The number of hydrogen-bond acceptors (Lipinski definition) is 1. The summed E-state index contributed by atoms with van der Waals surface area (Å²) in [6.07, 6.45) is 0. The molecular formula is C19H14O. The summed E-state index contributed by atoms with van der Waals surface area (Å²) < 4.78 is 5.94. The summed E-state index contributed by atoms with van der Waals surface area (Å²) in [5, 5.41) is 2.36. The molecule has 3 aromatic carbocycles. The highest BCUT2D eigenvalue weighted by Gasteiger charge is 2.07. The van der Waals surface area contributed by atoms with Crippen molar-refractivity contribution >= 4 is 21.9 Å². The van der Waals surface area contributed by atoms with Crippen LogP contribution < -0.4 is 0 Å². The van der Waals surface area contributed by atoms with Crippen molar-refractivity contribution in [1.82, 2.24) is 0 Å². The Kier molecular flexibility index (Phi) is 2.40. The zero-order chi connectivity index (χ0) is 13.5. The standard InChI is InChI=1S/C19H14O/c1-13-5-4-6-14(11-13)15-9-10-17-16-7-2-3-8-18(16)20-19(17)12-15/h2-12H,1H3. The van der Waals surface area contributed by atoms with Crippen LogP contribution >= 0.6 is 0 Å². The Balaban J connectivity index is 1.97. The summed E-state index contributed by atoms with van der Waals surface area (Å²) in [7, 11) is 0. The van der Waals surface area contributed by atoms with Crippen molar-refractivity contribution < 1.29 is 4.42 Å². The van der Waals surface area contributed by atoms with E-state index >= 15 is 0 Å². The molecule has 0 saturated carbocycles. The minimum Gasteiger partial charge on any atom is -0.456 e. The molecule has 20 heavy (non-hydrogen) atoms. The lowest BCUT2D eigenvalue weighted by molar-refractivity contribution is 0.669. The van der Waals surface area contributed by atoms with Crippen molar-refractivity contribution in [1.29, 1.82) is 0 Å². The van der Waals surface area contributed by atoms with Crippen LogP contribution in [0.5, 0.6) is 0 Å². The highest BCUT2D eigenvalue weighted by atomic mass is 16.3. The monoisotopic (exact) mass is 258 g/mol. The van der Waals surface area contributed by atoms with E-state index in [2.05, 4.69) is 55.5 Å². The van der Waals surface area contributed by atoms with Gasteiger partial charge < -0.3 is 4.42 Å². The molecule has 4 rings (SSSR count). The number of furan rings is 1. The lowest BCUT2D eigenvalue weighted by Gasteiger charge is -2.02. The van der Waals surface area contributed by atoms with Gasteiger partial charge in [0.1, 0.15) is 11.2 Å². The van der Waals surface area contributed by atoms with Crippen molar-refractivity contribution in [3.05, 3.63) is 72.3 Å². The van der Waals surface area contributed by atoms with Crippen molar-refractivity contribution in [3.63, 3.8) is 0 Å². The van der Waals surface area contributed by atoms with Crippen molar-refractivity contribution in [2.75, 3.05) is 0 Å². The van der Waals surface area contributed by atoms with Crippen molar-refractivity contribution in [2.45, 2.75) is 6.92 Å². The van der Waals surface area contributed by atoms with E-state index in [9.17, 15) is 0 Å². The van der Waals surface area contributed by atoms with Crippen LogP contribution in [-0.2, 0) is 0 Å². The molecule has 0 N–H and O–H groups in total. The van der Waals surface area contributed by atoms with Crippen molar-refractivity contribution in [3.8, 4) is 11.1 Å². The fraction of sp³-hybridized carbons (Fsp3) is 0.0526. The number of fused-ring (bicyclic) bond motifs is 3. The Labute approximate surface area is 117 Å². The molecule has 0 unspecified atom stereocenters. The van der Waals surface area contributed by atoms with Gasteiger partial charge in [-0.05, 0) is 36.2 Å². The van der Waals surface area contributed by atoms with Gasteiger partial charge in [0.05, 0.1) is 0 Å². The third kappa shape index (κ3) is 1.71. The first-order valence-corrected chi connectivity index (χ1v) is 6.79. The Morgan fingerprint density at radius 1 is 0.650 bits per heavy atom. The predicted octanol–water partition coefficient (Wildman–Crippen LogP) is 5.56. The molecule has 4 aromatic rings. The highest BCUT2D eigenvalue weighted by Crippen LogP contribution is 2.32. The van der Waals surface area contributed by atoms with Gasteiger partial charge in [0.2, 0.25) is 0 Å². The maximum atomic E-state index is 5.94. The molecule has 1 heteroatoms. The summed E-state index contributed by atoms with van der Waals surface area (Å²) in [5.41, 5.74) is 5.59. The Hall–Kier alpha value is -2.54. The molecule has 0 aliphatic heterocycles. The average molecular weight is 258 g/mol. The third-order valence-electron chi connectivity index (χ3n) is 3.73. The van der Waals surface area contributed by atoms with E-state index in [0.29, 0.717) is 0 Å². The van der Waals surface area contributed by atoms with E-state index in [4.69, 9.17) is 4.42 Å². The fourth-order valence-electron chi connectivity index (χ4n) is 2.73. The van der Waals surface area contributed by atoms with E-state index in [1.54, 1.807) is 0 Å². The van der Waals surface area contributed by atoms with Gasteiger partial charge in [0.15, 0.2) is 0 Å². The molecule has 0 amide bonds. The summed E-state index contributed by atoms with van der Waals surface area (Å²) in [5.74, 6) is 0. The molecule has 0 spiro atoms. The van der Waals surface area contributed by atoms with Gasteiger partial charge in [-0.25, -0.2) is 0 Å². The molecule has 1 aromatic heterocycles. The lowest BCUT2D eigenvalue weighted by Crippen LogP contribution is -1.79. The molecule has 0 radical (unpaired) electrons. The SMILES string of the molecule is Cc1cccc(-c2ccc3c(c2)oc2ccccc23)c1. The summed E-state index contributed by atoms with van der Waals surface area (Å²) in [6, 6.07) is 23.2. The second-order valence-corrected chi connectivity index (χ2v) is 5.18. The molecule has 0 aliphatic rings. The van der Waals surface area contributed by atoms with E-state index in [-0.39, 0.29) is 0 Å². The van der Waals surface area contributed by atoms with Crippen LogP contribution in [-0.4, -0.2) is 0 Å². The van der Waals surface area contributed by atoms with Crippen LogP contribution in [0.3, 0.4) is 0 Å². The average Bonchev–Trinajstić information content (AvgIpc) is 2.85. The van der Waals surface area contributed by atoms with Crippen LogP contribution in [0, 0.1) is 6.92 Å². The van der Waals surface area contributed by atoms with Crippen LogP contribution in [0.1, 0.15) is 5.56 Å². The van der Waals surface area contributed by atoms with Crippen LogP contribution in [0.25, 0.3) is 33.1 Å². The number of rotatable bonds is 1. The lowest BCUT2D eigenvalue weighted by atomic mass is 10.0. The van der Waals surface area contributed by atoms with Gasteiger partial charge >= 0.3 is 0 Å². The van der Waals surface area contributed by atoms with E-state index in [0.717, 1.165) is 11.2 Å². The van der Waals surface area contributed by atoms with Crippen LogP contribution in [0.2, 0.25) is 0 Å². The van der Waals surface area contributed by atoms with E-state index < -0.39 is 0 Å². The van der Waals surface area contributed by atoms with Gasteiger partial charge in [0.25, 0.3) is 0 Å². The molecule has 1 nitrogen and oxygen atoms in total. The normalized spacial score (nSPS) is 11.2. The molecular weight excluding hydrogens is 244 g/mol. The Bertz CT molecular complexity index is 915. The Morgan fingerprint density at radius 3 is 2.35 bits per heavy atom. The van der Waals surface area contributed by atoms with Gasteiger partial charge in [-0.2, -0.15) is 0 Å². The molecule has 0 fully saturated rings. The predicted molar refractivity (Wildman–Crippen MR) is 83.9 cm³/mol. The minimum atomic E-state index is 0.948. The minimum absolute atomic E-state index is 0.948. The molecule has 0 saturated heterocycles. The first-order valence-electron chi connectivity index (χ1n) is 6.79. The number of para-hydroxylation sites is 1. The second kappa shape index (κ2) is 4.24. The zero-order valence-electron chi connectivity index (χ0n) is 11.3. The number of hydrogen-bond donors (Lipinski definition) is 0. The van der Waals surface area contributed by atoms with E-state index in [1.807, 2.05) is 18.2 Å². The molecule has 1 heterocycles. The van der Waals surface area contributed by atoms with Crippen LogP contribution in [0.15, 0.2) is 71.1 Å². The molecule has 0 aliphatic carbocycles. The molecule has 0 atom stereocenters. The van der Waals surface area contributed by atoms with Gasteiger partial charge in [-0.3, -0.25) is 0 Å². The first kappa shape index (κ1) is 11.3. The largest absolute Gasteiger partial charge is 0.456 e. The maximum Gasteiger partial charge on any atom is 0.136 e. The van der Waals surface area contributed by atoms with E-state index in [1.165, 1.54) is 27.5 Å². The number of aryl methyl sites for hydroxylation is 1. The number of benzene rings is 3. The third-order valence-corrected chi connectivity index (χ3v) is 3.73. The van der Waals surface area contributed by atoms with Gasteiger partial charge in [-0.1, -0.05) is 54.1 Å². The van der Waals surface area contributed by atoms with Crippen LogP contribution in [0.4, 0.5) is 0 Å². The molecule has 96 valence electrons. The molecule has 0 bridgehead atoms. The van der Waals surface area contributed by atoms with Crippen molar-refractivity contribution in [2.24, 2.45) is 0 Å². The highest BCUT2D eigenvalue weighted by molar-refractivity contribution is 6.05. The quantitative estimate of drug-likeness (QED) is 0.435. The summed E-state index contributed by atoms with van der Waals surface area (Å²) >= 11 is 0. The summed E-state index contributed by atoms with van der Waals surface area (Å²) in [6.45, 7) is 2.11. The fourth-order valence-corrected chi connectivity index (χ4v) is 2.73. The Morgan fingerprint density at radius 2 is 1.45 bits per heavy atom. The smallest absolute Gasteiger partial charge is 0.136 e. The first-order chi connectivity index (χ1) is 9.81. The maximum absolute atomic E-state index is 5.94.